The van der Waals surface area contributed by atoms with Crippen molar-refractivity contribution in [3.63, 3.8) is 0 Å². The second-order valence-corrected chi connectivity index (χ2v) is 6.52. The fourth-order valence-electron chi connectivity index (χ4n) is 1.93. The topological polar surface area (TPSA) is 26.3 Å². The average Bonchev–Trinajstić information content (AvgIpc) is 2.42. The van der Waals surface area contributed by atoms with E-state index in [1.807, 2.05) is 32.0 Å². The maximum atomic E-state index is 12.4. The molecule has 1 unspecified atom stereocenters. The van der Waals surface area contributed by atoms with Crippen LogP contribution in [-0.4, -0.2) is 31.0 Å². The van der Waals surface area contributed by atoms with E-state index in [1.54, 1.807) is 18.2 Å². The molecule has 0 bridgehead atoms. The fraction of sp³-hybridized carbons (Fsp3) is 0.188. The minimum atomic E-state index is -0.0575. The zero-order valence-electron chi connectivity index (χ0n) is 12.7. The van der Waals surface area contributed by atoms with E-state index in [0.717, 1.165) is 16.6 Å². The standard InChI is InChI=1S/C16H15Cl2O2P.Li/c1-3-20-11-7-8-14(10(2)9-11)21-16(19)15-12(17)5-4-6-13(15)18;/h4-9,21H,3H2,1-2H3;. The van der Waals surface area contributed by atoms with Crippen molar-refractivity contribution in [2.24, 2.45) is 0 Å². The predicted octanol–water partition coefficient (Wildman–Crippen LogP) is 4.46. The first kappa shape index (κ1) is 19.6. The minimum Gasteiger partial charge on any atom is -0.494 e. The monoisotopic (exact) mass is 347 g/mol. The molecule has 2 nitrogen and oxygen atoms in total. The molecule has 2 aromatic carbocycles. The first-order valence-electron chi connectivity index (χ1n) is 6.51. The van der Waals surface area contributed by atoms with Crippen molar-refractivity contribution in [3.05, 3.63) is 57.6 Å². The summed E-state index contributed by atoms with van der Waals surface area (Å²) in [6.45, 7) is 4.52. The van der Waals surface area contributed by atoms with Gasteiger partial charge in [0.25, 0.3) is 0 Å². The number of hydrogen-bond acceptors (Lipinski definition) is 2. The van der Waals surface area contributed by atoms with E-state index in [1.165, 1.54) is 0 Å². The molecule has 6 heteroatoms. The van der Waals surface area contributed by atoms with Crippen molar-refractivity contribution in [2.75, 3.05) is 6.61 Å². The third-order valence-electron chi connectivity index (χ3n) is 2.95. The second-order valence-electron chi connectivity index (χ2n) is 4.46. The van der Waals surface area contributed by atoms with Crippen molar-refractivity contribution >= 4 is 61.5 Å². The molecule has 2 aromatic rings. The summed E-state index contributed by atoms with van der Waals surface area (Å²) in [6.07, 6.45) is 0. The molecular formula is C16H15Cl2LiO2P. The quantitative estimate of drug-likeness (QED) is 0.589. The molecule has 0 aliphatic rings. The molecule has 0 heterocycles. The molecule has 0 saturated carbocycles. The van der Waals surface area contributed by atoms with Gasteiger partial charge in [-0.2, -0.15) is 0 Å². The summed E-state index contributed by atoms with van der Waals surface area (Å²) >= 11 is 12.2. The van der Waals surface area contributed by atoms with Crippen molar-refractivity contribution < 1.29 is 9.53 Å². The fourth-order valence-corrected chi connectivity index (χ4v) is 3.73. The number of halogens is 2. The van der Waals surface area contributed by atoms with Crippen molar-refractivity contribution in [2.45, 2.75) is 13.8 Å². The summed E-state index contributed by atoms with van der Waals surface area (Å²) in [5.41, 5.74) is 1.36. The van der Waals surface area contributed by atoms with E-state index >= 15 is 0 Å². The molecular weight excluding hydrogens is 333 g/mol. The first-order chi connectivity index (χ1) is 10.0. The molecule has 1 radical (unpaired) electrons. The number of carbonyl (C=O) groups excluding carboxylic acids is 1. The van der Waals surface area contributed by atoms with Crippen LogP contribution in [0.25, 0.3) is 0 Å². The van der Waals surface area contributed by atoms with Crippen LogP contribution in [0.2, 0.25) is 10.0 Å². The second kappa shape index (κ2) is 8.97. The van der Waals surface area contributed by atoms with Gasteiger partial charge < -0.3 is 4.74 Å². The van der Waals surface area contributed by atoms with Crippen molar-refractivity contribution in [1.29, 1.82) is 0 Å². The molecule has 0 aliphatic carbocycles. The van der Waals surface area contributed by atoms with Crippen LogP contribution in [0.15, 0.2) is 36.4 Å². The van der Waals surface area contributed by atoms with Crippen LogP contribution in [0, 0.1) is 6.92 Å². The molecule has 1 atom stereocenters. The van der Waals surface area contributed by atoms with E-state index in [2.05, 4.69) is 0 Å². The van der Waals surface area contributed by atoms with Crippen LogP contribution >= 0.6 is 31.8 Å². The van der Waals surface area contributed by atoms with Crippen LogP contribution in [0.4, 0.5) is 0 Å². The van der Waals surface area contributed by atoms with Gasteiger partial charge in [0.15, 0.2) is 5.52 Å². The summed E-state index contributed by atoms with van der Waals surface area (Å²) in [7, 11) is -0.0176. The Kier molecular flexibility index (Phi) is 7.98. The Morgan fingerprint density at radius 2 is 1.82 bits per heavy atom. The van der Waals surface area contributed by atoms with Gasteiger partial charge in [-0.3, -0.25) is 4.79 Å². The van der Waals surface area contributed by atoms with E-state index in [9.17, 15) is 4.79 Å². The van der Waals surface area contributed by atoms with Gasteiger partial charge in [0.2, 0.25) is 0 Å². The summed E-state index contributed by atoms with van der Waals surface area (Å²) in [4.78, 5) is 12.4. The van der Waals surface area contributed by atoms with Gasteiger partial charge >= 0.3 is 0 Å². The molecule has 0 fully saturated rings. The van der Waals surface area contributed by atoms with E-state index in [4.69, 9.17) is 27.9 Å². The number of carbonyl (C=O) groups is 1. The van der Waals surface area contributed by atoms with Gasteiger partial charge in [-0.15, -0.1) is 0 Å². The van der Waals surface area contributed by atoms with E-state index < -0.39 is 0 Å². The number of aryl methyl sites for hydroxylation is 1. The molecule has 0 amide bonds. The number of hydrogen-bond donors (Lipinski definition) is 0. The number of benzene rings is 2. The molecule has 111 valence electrons. The van der Waals surface area contributed by atoms with Crippen LogP contribution in [0.3, 0.4) is 0 Å². The number of rotatable bonds is 5. The van der Waals surface area contributed by atoms with Gasteiger partial charge in [-0.05, 0) is 57.6 Å². The zero-order valence-corrected chi connectivity index (χ0v) is 15.3. The molecule has 2 rings (SSSR count). The van der Waals surface area contributed by atoms with Crippen LogP contribution in [-0.2, 0) is 0 Å². The Hall–Kier alpha value is -0.483. The van der Waals surface area contributed by atoms with Crippen LogP contribution in [0.1, 0.15) is 22.8 Å². The molecule has 0 aliphatic heterocycles. The van der Waals surface area contributed by atoms with E-state index in [-0.39, 0.29) is 33.0 Å². The Balaban J connectivity index is 0.00000242. The van der Waals surface area contributed by atoms with Gasteiger partial charge in [0.05, 0.1) is 22.2 Å². The Bertz CT molecular complexity index is 657. The first-order valence-corrected chi connectivity index (χ1v) is 8.27. The van der Waals surface area contributed by atoms with Gasteiger partial charge in [-0.1, -0.05) is 35.3 Å². The molecule has 0 aromatic heterocycles. The maximum absolute atomic E-state index is 12.4. The molecule has 0 N–H and O–H groups in total. The van der Waals surface area contributed by atoms with Crippen molar-refractivity contribution in [1.82, 2.24) is 0 Å². The average molecular weight is 348 g/mol. The number of ether oxygens (including phenoxy) is 1. The summed E-state index contributed by atoms with van der Waals surface area (Å²) < 4.78 is 5.45. The van der Waals surface area contributed by atoms with E-state index in [0.29, 0.717) is 22.2 Å². The molecule has 0 spiro atoms. The van der Waals surface area contributed by atoms with Gasteiger partial charge in [0, 0.05) is 18.9 Å². The smallest absolute Gasteiger partial charge is 0.188 e. The summed E-state index contributed by atoms with van der Waals surface area (Å²) in [5, 5.41) is 1.76. The van der Waals surface area contributed by atoms with Gasteiger partial charge in [0.1, 0.15) is 5.75 Å². The largest absolute Gasteiger partial charge is 0.494 e. The molecule has 0 saturated heterocycles. The maximum Gasteiger partial charge on any atom is 0.188 e. The Labute approximate surface area is 154 Å². The predicted molar refractivity (Wildman–Crippen MR) is 96.8 cm³/mol. The van der Waals surface area contributed by atoms with Crippen LogP contribution in [0.5, 0.6) is 5.75 Å². The third kappa shape index (κ3) is 4.75. The Morgan fingerprint density at radius 1 is 1.18 bits per heavy atom. The van der Waals surface area contributed by atoms with Crippen LogP contribution < -0.4 is 10.0 Å². The molecule has 22 heavy (non-hydrogen) atoms. The normalized spacial score (nSPS) is 10.5. The zero-order chi connectivity index (χ0) is 15.4. The van der Waals surface area contributed by atoms with Crippen molar-refractivity contribution in [3.8, 4) is 5.75 Å². The summed E-state index contributed by atoms with van der Waals surface area (Å²) in [6, 6.07) is 10.8. The third-order valence-corrected chi connectivity index (χ3v) is 4.88. The summed E-state index contributed by atoms with van der Waals surface area (Å²) in [5.74, 6) is 0.812. The SMILES string of the molecule is CCOc1ccc(PC(=O)c2c(Cl)cccc2Cl)c(C)c1.[Li]. The van der Waals surface area contributed by atoms with Gasteiger partial charge in [-0.25, -0.2) is 0 Å². The minimum absolute atomic E-state index is 0. The Morgan fingerprint density at radius 3 is 2.36 bits per heavy atom.